The summed E-state index contributed by atoms with van der Waals surface area (Å²) in [6.07, 6.45) is 1.35. The molecule has 564 valence electrons. The number of ether oxygens (including phenoxy) is 10. The van der Waals surface area contributed by atoms with Crippen molar-refractivity contribution in [3.05, 3.63) is 29.1 Å². The molecule has 0 aromatic heterocycles. The van der Waals surface area contributed by atoms with Crippen LogP contribution in [0.3, 0.4) is 0 Å². The van der Waals surface area contributed by atoms with Crippen LogP contribution in [0.5, 0.6) is 5.75 Å². The zero-order chi connectivity index (χ0) is 73.5. The molecule has 29 heteroatoms. The molecule has 4 rings (SSSR count). The number of halogens is 5. The molecular formula is C70H110F5N5O19. The van der Waals surface area contributed by atoms with Gasteiger partial charge in [0.2, 0.25) is 64.4 Å². The van der Waals surface area contributed by atoms with Crippen LogP contribution in [0.4, 0.5) is 22.0 Å². The third kappa shape index (κ3) is 29.0. The van der Waals surface area contributed by atoms with E-state index in [0.717, 1.165) is 0 Å². The van der Waals surface area contributed by atoms with Crippen LogP contribution in [-0.4, -0.2) is 162 Å². The molecule has 99 heavy (non-hydrogen) atoms. The van der Waals surface area contributed by atoms with Crippen LogP contribution in [0.15, 0.2) is 0 Å². The Kier molecular flexibility index (Phi) is 38.1. The molecule has 24 nitrogen and oxygen atoms in total. The topological polar surface area (TPSA) is 306 Å². The Morgan fingerprint density at radius 1 is 0.374 bits per heavy atom. The maximum absolute atomic E-state index is 14.4. The summed E-state index contributed by atoms with van der Waals surface area (Å²) in [5.74, 6) is -17.3. The summed E-state index contributed by atoms with van der Waals surface area (Å²) >= 11 is 0. The van der Waals surface area contributed by atoms with Gasteiger partial charge in [-0.2, -0.15) is 8.78 Å². The molecule has 1 aromatic rings. The molecule has 0 radical (unpaired) electrons. The third-order valence-electron chi connectivity index (χ3n) is 19.6. The highest BCUT2D eigenvalue weighted by Gasteiger charge is 2.43. The molecule has 17 atom stereocenters. The first-order chi connectivity index (χ1) is 46.9. The molecule has 5 N–H and O–H groups in total. The van der Waals surface area contributed by atoms with E-state index in [0.29, 0.717) is 71.0 Å². The molecule has 0 aliphatic carbocycles. The summed E-state index contributed by atoms with van der Waals surface area (Å²) in [6.45, 7) is 24.0. The summed E-state index contributed by atoms with van der Waals surface area (Å²) in [5, 5.41) is 13.9. The predicted molar refractivity (Wildman–Crippen MR) is 349 cm³/mol. The Hall–Kier alpha value is -6.14. The Morgan fingerprint density at radius 2 is 0.717 bits per heavy atom. The highest BCUT2D eigenvalue weighted by molar-refractivity contribution is 5.92. The molecule has 3 aliphatic heterocycles. The maximum atomic E-state index is 14.4. The summed E-state index contributed by atoms with van der Waals surface area (Å²) in [4.78, 5) is 115. The number of carbonyl (C=O) groups is 9. The lowest BCUT2D eigenvalue weighted by atomic mass is 9.79. The SMILES string of the molecule is CC(=O)OCC1O[C@@H](OCCCCC(=O)NCCCCC(NC(=O)CCCCO[C@@H]2OC(COC(C)=O)[C@H](C)[C@H](C)C2C)C(=O)NC(CCCCNC(=O)CCCCO[C@@H]2OC(COC(C)=O)[C@H](C)[C@H](C)C2C)C(=O)NCCCC(=O)Oc2c(F)c(F)c(F)c(F)c2F)C(C)[C@@H](C)[C@H]1C. The number of nitrogens with one attached hydrogen (secondary N) is 5. The minimum atomic E-state index is -2.44. The highest BCUT2D eigenvalue weighted by atomic mass is 19.2. The van der Waals surface area contributed by atoms with Crippen molar-refractivity contribution in [2.75, 3.05) is 59.3 Å². The first-order valence-electron chi connectivity index (χ1n) is 35.3. The van der Waals surface area contributed by atoms with Gasteiger partial charge in [-0.1, -0.05) is 62.3 Å². The number of hydrogen-bond donors (Lipinski definition) is 5. The van der Waals surface area contributed by atoms with Crippen LogP contribution >= 0.6 is 0 Å². The van der Waals surface area contributed by atoms with Gasteiger partial charge in [-0.25, -0.2) is 13.2 Å². The molecule has 3 fully saturated rings. The van der Waals surface area contributed by atoms with Crippen molar-refractivity contribution in [2.24, 2.45) is 53.3 Å². The number of rotatable bonds is 43. The number of esters is 4. The van der Waals surface area contributed by atoms with Gasteiger partial charge in [0.1, 0.15) is 31.9 Å². The van der Waals surface area contributed by atoms with Crippen molar-refractivity contribution in [1.29, 1.82) is 0 Å². The van der Waals surface area contributed by atoms with Gasteiger partial charge in [0, 0.05) is 104 Å². The van der Waals surface area contributed by atoms with E-state index < -0.39 is 114 Å². The van der Waals surface area contributed by atoms with Crippen molar-refractivity contribution in [3.8, 4) is 5.75 Å². The lowest BCUT2D eigenvalue weighted by Gasteiger charge is -2.43. The van der Waals surface area contributed by atoms with E-state index in [4.69, 9.17) is 42.6 Å². The third-order valence-corrected chi connectivity index (χ3v) is 19.6. The van der Waals surface area contributed by atoms with Crippen LogP contribution in [0.2, 0.25) is 0 Å². The number of benzene rings is 1. The molecule has 5 amide bonds. The monoisotopic (exact) mass is 1420 g/mol. The van der Waals surface area contributed by atoms with Crippen molar-refractivity contribution in [3.63, 3.8) is 0 Å². The first kappa shape index (κ1) is 85.3. The molecule has 0 bridgehead atoms. The van der Waals surface area contributed by atoms with Crippen molar-refractivity contribution in [2.45, 2.75) is 242 Å². The summed E-state index contributed by atoms with van der Waals surface area (Å²) in [5.41, 5.74) is 0. The van der Waals surface area contributed by atoms with Gasteiger partial charge < -0.3 is 74.0 Å². The highest BCUT2D eigenvalue weighted by Crippen LogP contribution is 2.39. The zero-order valence-corrected chi connectivity index (χ0v) is 59.8. The minimum absolute atomic E-state index is 0.0102. The van der Waals surface area contributed by atoms with E-state index in [1.54, 1.807) is 0 Å². The van der Waals surface area contributed by atoms with Gasteiger partial charge >= 0.3 is 23.9 Å². The second kappa shape index (κ2) is 44.3. The second-order valence-corrected chi connectivity index (χ2v) is 26.9. The van der Waals surface area contributed by atoms with E-state index >= 15 is 0 Å². The first-order valence-corrected chi connectivity index (χ1v) is 35.3. The largest absolute Gasteiger partial charge is 0.463 e. The Labute approximate surface area is 579 Å². The lowest BCUT2D eigenvalue weighted by Crippen LogP contribution is -2.53. The van der Waals surface area contributed by atoms with E-state index in [1.165, 1.54) is 20.8 Å². The normalized spacial score (nSPS) is 25.8. The van der Waals surface area contributed by atoms with Gasteiger partial charge in [-0.15, -0.1) is 0 Å². The average Bonchev–Trinajstić information content (AvgIpc) is 0.836. The van der Waals surface area contributed by atoms with Crippen LogP contribution in [0, 0.1) is 82.3 Å². The van der Waals surface area contributed by atoms with Gasteiger partial charge in [0.25, 0.3) is 0 Å². The van der Waals surface area contributed by atoms with Gasteiger partial charge in [0.05, 0.1) is 18.3 Å². The molecular weight excluding hydrogens is 1310 g/mol. The van der Waals surface area contributed by atoms with Gasteiger partial charge in [-0.05, 0) is 119 Å². The summed E-state index contributed by atoms with van der Waals surface area (Å²) in [6, 6.07) is -2.43. The molecule has 3 saturated heterocycles. The van der Waals surface area contributed by atoms with E-state index in [2.05, 4.69) is 59.0 Å². The van der Waals surface area contributed by atoms with Gasteiger partial charge in [0.15, 0.2) is 18.9 Å². The molecule has 8 unspecified atom stereocenters. The van der Waals surface area contributed by atoms with Crippen molar-refractivity contribution in [1.82, 2.24) is 26.6 Å². The summed E-state index contributed by atoms with van der Waals surface area (Å²) in [7, 11) is 0. The Morgan fingerprint density at radius 3 is 1.09 bits per heavy atom. The fourth-order valence-corrected chi connectivity index (χ4v) is 12.0. The smallest absolute Gasteiger partial charge is 0.311 e. The number of unbranched alkanes of at least 4 members (excludes halogenated alkanes) is 5. The number of amides is 5. The predicted octanol–water partition coefficient (Wildman–Crippen LogP) is 8.88. The van der Waals surface area contributed by atoms with E-state index in [-0.39, 0.29) is 174 Å². The Balaban J connectivity index is 1.37. The maximum Gasteiger partial charge on any atom is 0.311 e. The van der Waals surface area contributed by atoms with Crippen LogP contribution < -0.4 is 31.3 Å². The fraction of sp³-hybridized carbons (Fsp3) is 0.786. The average molecular weight is 1420 g/mol. The molecule has 0 saturated carbocycles. The van der Waals surface area contributed by atoms with Crippen molar-refractivity contribution >= 4 is 53.4 Å². The fourth-order valence-electron chi connectivity index (χ4n) is 12.0. The number of hydrogen-bond acceptors (Lipinski definition) is 19. The zero-order valence-electron chi connectivity index (χ0n) is 59.8. The summed E-state index contributed by atoms with van der Waals surface area (Å²) < 4.78 is 127. The van der Waals surface area contributed by atoms with Crippen LogP contribution in [0.1, 0.15) is 192 Å². The second-order valence-electron chi connectivity index (χ2n) is 26.9. The quantitative estimate of drug-likeness (QED) is 0.00775. The van der Waals surface area contributed by atoms with Crippen molar-refractivity contribution < 1.29 is 112 Å². The minimum Gasteiger partial charge on any atom is -0.463 e. The molecule has 1 aromatic carbocycles. The van der Waals surface area contributed by atoms with E-state index in [9.17, 15) is 65.1 Å². The molecule has 0 spiro atoms. The Bertz CT molecular complexity index is 2730. The van der Waals surface area contributed by atoms with Crippen LogP contribution in [-0.2, 0) is 85.8 Å². The lowest BCUT2D eigenvalue weighted by molar-refractivity contribution is -0.255. The number of carbonyl (C=O) groups excluding carboxylic acids is 9. The molecule has 3 heterocycles. The van der Waals surface area contributed by atoms with Crippen LogP contribution in [0.25, 0.3) is 0 Å². The van der Waals surface area contributed by atoms with E-state index in [1.807, 2.05) is 34.6 Å². The molecule has 3 aliphatic rings. The standard InChI is InChI=1S/C70H110F5N5O19/c1-39-42(4)53(36-93-48(10)81)96-68(45(39)7)90-33-20-15-26-56(84)76-30-18-13-24-51(66(88)78-32-23-29-59(87)99-65-63(74)61(72)60(71)62(73)64(65)75)80-67(89)52(79-58(86)28-17-22-35-92-70-47(9)41(3)44(6)55(98-70)38-95-50(12)83)25-14-19-31-77-57(85)27-16-21-34-91-69-46(8)40(2)43(5)54(97-69)37-94-49(11)82/h39-47,51-55,68-70H,13-38H2,1-12H3,(H,76,84)(H,77,85)(H,78,88)(H,79,86)(H,80,89)/t39-,40-,41-,42+,43+,44+,45?,46?,47?,51?,52?,53?,54?,55?,68+,69+,70+/m0/s1. The van der Waals surface area contributed by atoms with Gasteiger partial charge in [-0.3, -0.25) is 43.2 Å².